The number of carbonyl (C=O) groups excluding carboxylic acids is 15. The lowest BCUT2D eigenvalue weighted by atomic mass is 9.89. The zero-order valence-electron chi connectivity index (χ0n) is 99.5. The van der Waals surface area contributed by atoms with Gasteiger partial charge in [-0.2, -0.15) is 0 Å². The Kier molecular flexibility index (Phi) is 82.7. The van der Waals surface area contributed by atoms with E-state index in [4.69, 9.17) is 48.1 Å². The molecular formula is C116H199F2N7O23. The number of likely N-dealkylation sites (tertiary alicyclic amines) is 1. The first-order valence-electron chi connectivity index (χ1n) is 49.8. The van der Waals surface area contributed by atoms with Crippen LogP contribution in [0.1, 0.15) is 311 Å². The molecule has 4 rings (SSSR count). The predicted octanol–water partition coefficient (Wildman–Crippen LogP) is 16.8. The fourth-order valence-electron chi connectivity index (χ4n) is 7.89. The number of aliphatic carboxylic acids is 1. The van der Waals surface area contributed by atoms with Gasteiger partial charge in [-0.3, -0.25) is 76.9 Å². The maximum Gasteiger partial charge on any atom is 0.330 e. The number of aliphatic hydroxyl groups excluding tert-OH is 2. The minimum Gasteiger partial charge on any atom is -0.478 e. The summed E-state index contributed by atoms with van der Waals surface area (Å²) in [5.41, 5.74) is 0.755. The molecule has 3 amide bonds. The van der Waals surface area contributed by atoms with Gasteiger partial charge in [-0.15, -0.1) is 12.8 Å². The van der Waals surface area contributed by atoms with Crippen LogP contribution in [-0.2, 0) is 95.7 Å². The summed E-state index contributed by atoms with van der Waals surface area (Å²) in [7, 11) is 3.96. The molecule has 30 nitrogen and oxygen atoms in total. The molecule has 0 aliphatic carbocycles. The maximum atomic E-state index is 11.6. The number of ketones is 11. The fourth-order valence-corrected chi connectivity index (χ4v) is 7.89. The van der Waals surface area contributed by atoms with Crippen LogP contribution in [0.15, 0.2) is 85.1 Å². The number of nitrogens with two attached hydrogens (primary N) is 1. The van der Waals surface area contributed by atoms with Gasteiger partial charge in [-0.05, 0) is 170 Å². The van der Waals surface area contributed by atoms with Crippen LogP contribution in [0.25, 0.3) is 0 Å². The van der Waals surface area contributed by atoms with E-state index in [0.717, 1.165) is 64.2 Å². The zero-order chi connectivity index (χ0) is 119. The van der Waals surface area contributed by atoms with E-state index in [0.29, 0.717) is 32.8 Å². The number of carboxylic acids is 1. The number of rotatable bonds is 23. The Morgan fingerprint density at radius 3 is 0.980 bits per heavy atom. The number of alkyl halides is 2. The van der Waals surface area contributed by atoms with Crippen molar-refractivity contribution in [3.05, 3.63) is 85.1 Å². The molecule has 2 unspecified atom stereocenters. The molecule has 4 aliphatic rings. The fraction of sp³-hybridized carbons (Fsp3) is 0.690. The number of nitrogens with zero attached hydrogens (tertiary/aromatic N) is 3. The molecule has 0 saturated carbocycles. The van der Waals surface area contributed by atoms with Crippen LogP contribution < -0.4 is 21.7 Å². The van der Waals surface area contributed by atoms with Crippen LogP contribution in [0.3, 0.4) is 0 Å². The number of Topliss-reactive ketones (excluding diaryl/α,β-unsaturated/α-hetero) is 4. The van der Waals surface area contributed by atoms with E-state index in [1.807, 2.05) is 209 Å². The van der Waals surface area contributed by atoms with Crippen molar-refractivity contribution in [2.24, 2.45) is 65.3 Å². The molecule has 32 heteroatoms. The van der Waals surface area contributed by atoms with E-state index < -0.39 is 52.9 Å². The van der Waals surface area contributed by atoms with E-state index in [9.17, 15) is 85.5 Å². The average Bonchev–Trinajstić information content (AvgIpc) is 1.70. The third-order valence-corrected chi connectivity index (χ3v) is 17.7. The van der Waals surface area contributed by atoms with Crippen molar-refractivity contribution in [2.45, 2.75) is 339 Å². The number of amides is 3. The average molecular weight is 2100 g/mol. The monoisotopic (exact) mass is 2100 g/mol. The summed E-state index contributed by atoms with van der Waals surface area (Å²) < 4.78 is 42.6. The SMILES string of the molecule is C#CC(=O)C(C)(C)C.C#CC(=O)NC(C)(C)C.CC(C)(C)C(=O)/C=C/C(=O)O.CC(C)(C)C(=O)/C=C/CCO.CC(C)(C)C(=O)/C=C/CN.CC(C)(C)C(=O)/C=C/CN1CCC1.CC(C)(C)C(=O)/C=C/CN1CCOCC1.CC(C)(C)C(=O)C#CCO.CC(C)(C)C(=O)C1CO1.CC(C)(C)C(=O)CF.CC(C)(C)NC(=O)C1CO1.CC(C)(C)NC(=O)CF.CCOC(=O)/C=C/C(=O)C(C)(C)C.CN(C)C/C=C/C(=O)C(C)(C)C. The summed E-state index contributed by atoms with van der Waals surface area (Å²) in [5, 5.41) is 32.7. The number of halogens is 2. The molecule has 0 aromatic carbocycles. The van der Waals surface area contributed by atoms with Crippen molar-refractivity contribution < 1.29 is 120 Å². The Morgan fingerprint density at radius 2 is 0.757 bits per heavy atom. The number of carboxylic acid groups (broad SMARTS) is 1. The summed E-state index contributed by atoms with van der Waals surface area (Å²) in [6.07, 6.45) is 33.0. The number of aliphatic hydroxyl groups is 2. The lowest BCUT2D eigenvalue weighted by molar-refractivity contribution is -0.137. The number of epoxide rings is 2. The molecule has 148 heavy (non-hydrogen) atoms. The predicted molar refractivity (Wildman–Crippen MR) is 593 cm³/mol. The van der Waals surface area contributed by atoms with Crippen molar-refractivity contribution >= 4 is 93.3 Å². The van der Waals surface area contributed by atoms with Gasteiger partial charge in [-0.1, -0.05) is 265 Å². The second kappa shape index (κ2) is 77.4. The molecule has 850 valence electrons. The molecule has 0 spiro atoms. The second-order valence-corrected chi connectivity index (χ2v) is 49.0. The van der Waals surface area contributed by atoms with Crippen LogP contribution in [0.5, 0.6) is 0 Å². The Morgan fingerprint density at radius 1 is 0.419 bits per heavy atom. The van der Waals surface area contributed by atoms with Gasteiger partial charge in [0.25, 0.3) is 17.7 Å². The number of likely N-dealkylation sites (N-methyl/N-ethyl adjacent to an activating group) is 1. The van der Waals surface area contributed by atoms with Gasteiger partial charge in [0.05, 0.1) is 33.0 Å². The van der Waals surface area contributed by atoms with E-state index in [1.54, 1.807) is 168 Å². The van der Waals surface area contributed by atoms with Crippen molar-refractivity contribution in [3.63, 3.8) is 0 Å². The zero-order valence-corrected chi connectivity index (χ0v) is 99.5. The smallest absolute Gasteiger partial charge is 0.330 e. The molecular weight excluding hydrogens is 1900 g/mol. The van der Waals surface area contributed by atoms with Gasteiger partial charge in [0.2, 0.25) is 11.6 Å². The van der Waals surface area contributed by atoms with E-state index >= 15 is 0 Å². The van der Waals surface area contributed by atoms with Gasteiger partial charge >= 0.3 is 11.9 Å². The molecule has 0 bridgehead atoms. The topological polar surface area (TPSA) is 449 Å². The molecule has 4 fully saturated rings. The maximum absolute atomic E-state index is 11.6. The van der Waals surface area contributed by atoms with Crippen molar-refractivity contribution in [2.75, 3.05) is 126 Å². The Bertz CT molecular complexity index is 4360. The Balaban J connectivity index is -0.000000174. The number of hydrogen-bond donors (Lipinski definition) is 7. The number of nitrogens with one attached hydrogen (secondary N) is 3. The largest absolute Gasteiger partial charge is 0.478 e. The molecule has 0 radical (unpaired) electrons. The minimum absolute atomic E-state index is 0.00694. The van der Waals surface area contributed by atoms with Gasteiger partial charge < -0.3 is 60.9 Å². The lowest BCUT2D eigenvalue weighted by Gasteiger charge is -2.29. The summed E-state index contributed by atoms with van der Waals surface area (Å²) >= 11 is 0. The molecule has 4 aliphatic heterocycles. The van der Waals surface area contributed by atoms with Crippen LogP contribution in [0, 0.1) is 96.1 Å². The molecule has 0 aromatic rings. The van der Waals surface area contributed by atoms with Gasteiger partial charge in [0.15, 0.2) is 64.8 Å². The highest BCUT2D eigenvalue weighted by Crippen LogP contribution is 2.26. The van der Waals surface area contributed by atoms with Crippen molar-refractivity contribution in [3.8, 4) is 36.5 Å². The van der Waals surface area contributed by atoms with E-state index in [1.165, 1.54) is 31.7 Å². The third kappa shape index (κ3) is 109. The minimum atomic E-state index is -1.09. The van der Waals surface area contributed by atoms with Gasteiger partial charge in [-0.25, -0.2) is 18.4 Å². The molecule has 2 atom stereocenters. The normalized spacial score (nSPS) is 14.7. The number of carbonyl (C=O) groups is 16. The standard InChI is InChI=1S/C12H21NO2.C11H19NO.C10H19NO.C10H16O3.C9H16O2.C8H15NO.C8H12O3.C8H12O2.C7H13NO2.C7H11NO.C7H12O2.C7H10O.C6H12FNO.C6H11FO/c1-12(2,3)11(14)5-4-6-13-7-9-15-10-8-13;1-11(2,3)10(13)6-4-7-12-8-5-9-12;1-10(2,3)9(12)7-6-8-11(4)5;1-5-13-9(12)7-6-8(11)10(2,3)4;1-9(2,3)8(11)6-4-5-7-10;1-8(2,3)7(10)5-4-6-9;1-8(2,3)6(9)4-5-7(10)11;1-8(2,3)7(10)5-4-6-9;1-7(2,3)8-6(9)5-4-10-5;1-5-6(9)8-7(2,3)4;1-7(2,3)6(8)5-4-9-5;1-5-6(8)7(2,3)4;1-6(2,3)8-5(9)4-7;1-6(2,3)5(8)4-7/h4-5H,6-10H2,1-3H3;4,6H,5,7-9H2,1-3H3;6-7H,8H2,1-5H3;6-7H,5H2,1-4H3;4,6,10H,5,7H2,1-3H3;4-5H,6,9H2,1-3H3;4-5H,1-3H3,(H,10,11);9H,6H2,1-3H3;5H,4H2,1-3H3,(H,8,9);1H,2-4H3,(H,8,9);5H,4H2,1-3H3;1H,2-4H3;4H2,1-3H3,(H,8,9);4H2,1-3H3/b5-4+;6-4+;2*7-6+;6-4+;2*5-4+;;;;;;;. The van der Waals surface area contributed by atoms with Crippen LogP contribution in [0.4, 0.5) is 8.78 Å². The van der Waals surface area contributed by atoms with Crippen LogP contribution >= 0.6 is 0 Å². The molecule has 0 aromatic heterocycles. The summed E-state index contributed by atoms with van der Waals surface area (Å²) in [6, 6.07) is 0. The lowest BCUT2D eigenvalue weighted by Crippen LogP contribution is -2.42. The quantitative estimate of drug-likeness (QED) is 0.0164. The number of terminal acetylenes is 2. The highest BCUT2D eigenvalue weighted by atomic mass is 19.1. The Labute approximate surface area is 891 Å². The number of hydrogen-bond acceptors (Lipinski definition) is 26. The van der Waals surface area contributed by atoms with Gasteiger partial charge in [0.1, 0.15) is 19.4 Å². The first-order chi connectivity index (χ1) is 66.4. The number of esters is 1. The molecule has 8 N–H and O–H groups in total. The number of allylic oxidation sites excluding steroid dienone is 7. The van der Waals surface area contributed by atoms with Gasteiger partial charge in [0, 0.05) is 134 Å². The number of morpholine rings is 1. The molecule has 4 heterocycles. The molecule has 4 saturated heterocycles. The summed E-state index contributed by atoms with van der Waals surface area (Å²) in [5.74, 6) is 6.37. The van der Waals surface area contributed by atoms with E-state index in [2.05, 4.69) is 48.2 Å². The third-order valence-electron chi connectivity index (χ3n) is 17.7. The second-order valence-electron chi connectivity index (χ2n) is 49.0. The Hall–Kier alpha value is -9.92. The van der Waals surface area contributed by atoms with Crippen molar-refractivity contribution in [1.29, 1.82) is 0 Å². The number of ether oxygens (including phenoxy) is 4. The highest BCUT2D eigenvalue weighted by Gasteiger charge is 2.38. The van der Waals surface area contributed by atoms with Crippen molar-refractivity contribution in [1.82, 2.24) is 30.7 Å². The van der Waals surface area contributed by atoms with Crippen LogP contribution in [-0.4, -0.2) is 278 Å². The first kappa shape index (κ1) is 158. The van der Waals surface area contributed by atoms with E-state index in [-0.39, 0.29) is 155 Å². The highest BCUT2D eigenvalue weighted by molar-refractivity contribution is 6.01. The van der Waals surface area contributed by atoms with Crippen LogP contribution in [0.2, 0.25) is 0 Å². The first-order valence-corrected chi connectivity index (χ1v) is 49.8. The summed E-state index contributed by atoms with van der Waals surface area (Å²) in [6.45, 7) is 88.2. The summed E-state index contributed by atoms with van der Waals surface area (Å²) in [4.78, 5) is 181.